The Hall–Kier alpha value is -3.76. The van der Waals surface area contributed by atoms with Crippen LogP contribution in [0.4, 0.5) is 0 Å². The van der Waals surface area contributed by atoms with Gasteiger partial charge in [0.05, 0.1) is 41.2 Å². The number of carbonyl (C=O) groups excluding carboxylic acids is 4. The number of hydrogen-bond acceptors (Lipinski definition) is 18. The van der Waals surface area contributed by atoms with Crippen molar-refractivity contribution in [2.24, 2.45) is 46.8 Å². The van der Waals surface area contributed by atoms with Crippen molar-refractivity contribution in [3.05, 3.63) is 12.2 Å². The third-order valence-corrected chi connectivity index (χ3v) is 16.5. The molecule has 8 N–H and O–H groups in total. The largest absolute Gasteiger partial charge is 0.478 e. The van der Waals surface area contributed by atoms with Crippen LogP contribution in [0.3, 0.4) is 0 Å². The number of carbonyl (C=O) groups is 6. The molecule has 65 heavy (non-hydrogen) atoms. The number of aliphatic hydroxyl groups excluding tert-OH is 2. The predicted molar refractivity (Wildman–Crippen MR) is 221 cm³/mol. The Morgan fingerprint density at radius 3 is 1.97 bits per heavy atom. The maximum Gasteiger partial charge on any atom is 0.341 e. The molecule has 4 saturated carbocycles. The van der Waals surface area contributed by atoms with Crippen molar-refractivity contribution in [2.75, 3.05) is 13.1 Å². The highest BCUT2D eigenvalue weighted by Gasteiger charge is 2.90. The van der Waals surface area contributed by atoms with Crippen molar-refractivity contribution >= 4 is 35.8 Å². The van der Waals surface area contributed by atoms with Crippen LogP contribution in [-0.4, -0.2) is 166 Å². The fraction of sp³-hybridized carbons (Fsp3) is 0.822. The maximum absolute atomic E-state index is 13.9. The van der Waals surface area contributed by atoms with Crippen LogP contribution >= 0.6 is 0 Å². The molecule has 20 atom stereocenters. The molecule has 3 aliphatic heterocycles. The standard InChI is InChI=1S/C41H63NO15.C4H4O4/c1-10-19(3)34(47)56-33-28(46)27-23(17-42-16-18(2)11-12-25(42)38(27,9)50)24-15-39-32(40(24,33)51)30(54-22(6)45)29(53-21(5)44)31-36(39,7)14-13-26(41(31,52)57-39)55-35(48)37(8,49)20(4)43;5-3(6)1-2-4(7)8/h18-20,23-33,43,46,49-52H,10-17H2,1-9H3;1-2H,(H,5,6)(H,7,8)/b;2-1-/t18-,19+,20+,23-,24-,25-,26-,27+,28+,29-,30+,31-,32+,33-,36-,37+,38+,39+,40-,41+;/m0./s1. The maximum atomic E-state index is 13.9. The predicted octanol–water partition coefficient (Wildman–Crippen LogP) is 0.290. The quantitative estimate of drug-likeness (QED) is 0.0829. The van der Waals surface area contributed by atoms with Gasteiger partial charge < -0.3 is 64.5 Å². The lowest BCUT2D eigenvalue weighted by atomic mass is 9.48. The molecule has 0 amide bonds. The molecule has 0 aromatic carbocycles. The molecule has 3 heterocycles. The van der Waals surface area contributed by atoms with E-state index in [4.69, 9.17) is 33.9 Å². The lowest BCUT2D eigenvalue weighted by Gasteiger charge is -2.64. The zero-order chi connectivity index (χ0) is 48.7. The van der Waals surface area contributed by atoms with Crippen LogP contribution in [0, 0.1) is 46.8 Å². The van der Waals surface area contributed by atoms with Crippen LogP contribution in [0.1, 0.15) is 101 Å². The van der Waals surface area contributed by atoms with Crippen LogP contribution in [0.25, 0.3) is 0 Å². The summed E-state index contributed by atoms with van der Waals surface area (Å²) in [6.45, 7) is 14.7. The summed E-state index contributed by atoms with van der Waals surface area (Å²) in [5, 5.41) is 88.8. The zero-order valence-electron chi connectivity index (χ0n) is 38.4. The average Bonchev–Trinajstić information content (AvgIpc) is 3.49. The highest BCUT2D eigenvalue weighted by molar-refractivity contribution is 5.89. The van der Waals surface area contributed by atoms with Crippen LogP contribution in [0.5, 0.6) is 0 Å². The molecular formula is C45H67NO19. The minimum absolute atomic E-state index is 0.0170. The number of rotatable bonds is 10. The number of nitrogens with zero attached hydrogens (tertiary/aromatic N) is 1. The first-order valence-electron chi connectivity index (χ1n) is 22.6. The Morgan fingerprint density at radius 1 is 0.877 bits per heavy atom. The number of aliphatic carboxylic acids is 2. The first-order chi connectivity index (χ1) is 30.0. The molecule has 7 rings (SSSR count). The van der Waals surface area contributed by atoms with Gasteiger partial charge in [0.1, 0.15) is 17.8 Å². The smallest absolute Gasteiger partial charge is 0.341 e. The summed E-state index contributed by atoms with van der Waals surface area (Å²) in [6.07, 6.45) is -6.30. The summed E-state index contributed by atoms with van der Waals surface area (Å²) < 4.78 is 31.1. The van der Waals surface area contributed by atoms with Crippen molar-refractivity contribution < 1.29 is 93.3 Å². The van der Waals surface area contributed by atoms with Gasteiger partial charge in [0.15, 0.2) is 17.8 Å². The van der Waals surface area contributed by atoms with Gasteiger partial charge in [-0.05, 0) is 77.0 Å². The number of hydrogen-bond donors (Lipinski definition) is 8. The lowest BCUT2D eigenvalue weighted by Crippen LogP contribution is -2.78. The molecule has 1 spiro atoms. The normalized spacial score (nSPS) is 45.4. The topological polar surface area (TPSA) is 314 Å². The van der Waals surface area contributed by atoms with E-state index in [0.717, 1.165) is 27.2 Å². The van der Waals surface area contributed by atoms with Crippen molar-refractivity contribution in [3.8, 4) is 0 Å². The number of carboxylic acid groups (broad SMARTS) is 2. The number of esters is 4. The number of ether oxygens (including phenoxy) is 5. The summed E-state index contributed by atoms with van der Waals surface area (Å²) in [5.41, 5.74) is -9.03. The summed E-state index contributed by atoms with van der Waals surface area (Å²) in [6, 6.07) is -0.329. The first-order valence-corrected chi connectivity index (χ1v) is 22.6. The second-order valence-corrected chi connectivity index (χ2v) is 20.5. The molecule has 0 unspecified atom stereocenters. The molecule has 0 aromatic rings. The Balaban J connectivity index is 0.000000800. The van der Waals surface area contributed by atoms with E-state index < -0.39 is 142 Å². The summed E-state index contributed by atoms with van der Waals surface area (Å²) in [5.74, 6) is -14.0. The van der Waals surface area contributed by atoms with E-state index in [2.05, 4.69) is 11.8 Å². The molecule has 7 fully saturated rings. The molecule has 3 saturated heterocycles. The summed E-state index contributed by atoms with van der Waals surface area (Å²) in [7, 11) is 0. The van der Waals surface area contributed by atoms with Crippen LogP contribution in [0.15, 0.2) is 12.2 Å². The molecule has 20 nitrogen and oxygen atoms in total. The second kappa shape index (κ2) is 17.4. The molecule has 4 aliphatic carbocycles. The fourth-order valence-electron chi connectivity index (χ4n) is 13.3. The molecule has 4 bridgehead atoms. The Bertz CT molecular complexity index is 1920. The molecule has 0 aromatic heterocycles. The lowest BCUT2D eigenvalue weighted by molar-refractivity contribution is -0.301. The van der Waals surface area contributed by atoms with Gasteiger partial charge in [-0.15, -0.1) is 0 Å². The fourth-order valence-corrected chi connectivity index (χ4v) is 13.3. The third-order valence-electron chi connectivity index (χ3n) is 16.5. The average molecular weight is 926 g/mol. The zero-order valence-corrected chi connectivity index (χ0v) is 38.4. The Kier molecular flexibility index (Phi) is 13.6. The van der Waals surface area contributed by atoms with Gasteiger partial charge in [-0.3, -0.25) is 19.3 Å². The highest BCUT2D eigenvalue weighted by Crippen LogP contribution is 2.78. The molecule has 20 heteroatoms. The van der Waals surface area contributed by atoms with Crippen molar-refractivity contribution in [1.82, 2.24) is 4.90 Å². The van der Waals surface area contributed by atoms with Crippen LogP contribution < -0.4 is 0 Å². The van der Waals surface area contributed by atoms with E-state index in [1.807, 2.05) is 6.92 Å². The van der Waals surface area contributed by atoms with Gasteiger partial charge in [-0.25, -0.2) is 14.4 Å². The highest BCUT2D eigenvalue weighted by atomic mass is 16.7. The number of piperidine rings is 2. The van der Waals surface area contributed by atoms with Gasteiger partial charge in [-0.1, -0.05) is 27.7 Å². The minimum atomic E-state index is -2.47. The van der Waals surface area contributed by atoms with Gasteiger partial charge in [0.25, 0.3) is 0 Å². The number of carboxylic acids is 2. The van der Waals surface area contributed by atoms with E-state index in [1.54, 1.807) is 20.8 Å². The third kappa shape index (κ3) is 7.96. The molecule has 366 valence electrons. The van der Waals surface area contributed by atoms with E-state index in [-0.39, 0.29) is 25.3 Å². The van der Waals surface area contributed by atoms with Gasteiger partial charge in [-0.2, -0.15) is 0 Å². The van der Waals surface area contributed by atoms with E-state index in [1.165, 1.54) is 6.92 Å². The monoisotopic (exact) mass is 925 g/mol. The van der Waals surface area contributed by atoms with Crippen LogP contribution in [-0.2, 0) is 52.5 Å². The SMILES string of the molecule is CC[C@@H](C)C(=O)O[C@H]1[C@H](O)[C@H]2[C@@H](CN3C[C@@H](C)CC[C@H]3[C@@]2(C)O)[C@@H]2C[C@]34O[C@]5(O)[C@@H](OC(=O)[C@](C)(O)[C@@H](C)O)CC[C@@]3(C)[C@@H]5[C@@H](OC(C)=O)[C@@H](OC(C)=O)[C@H]4[C@@]21O.O=C(O)/C=C\C(=O)O. The van der Waals surface area contributed by atoms with E-state index in [9.17, 15) is 59.4 Å². The van der Waals surface area contributed by atoms with Gasteiger partial charge >= 0.3 is 35.8 Å². The van der Waals surface area contributed by atoms with Gasteiger partial charge in [0, 0.05) is 56.5 Å². The Labute approximate surface area is 377 Å². The van der Waals surface area contributed by atoms with Crippen molar-refractivity contribution in [3.63, 3.8) is 0 Å². The van der Waals surface area contributed by atoms with Crippen LogP contribution in [0.2, 0.25) is 0 Å². The first kappa shape index (κ1) is 50.6. The summed E-state index contributed by atoms with van der Waals surface area (Å²) in [4.78, 5) is 74.7. The molecule has 0 radical (unpaired) electrons. The Morgan fingerprint density at radius 2 is 1.45 bits per heavy atom. The molecular weight excluding hydrogens is 858 g/mol. The second-order valence-electron chi connectivity index (χ2n) is 20.5. The van der Waals surface area contributed by atoms with Crippen molar-refractivity contribution in [2.45, 2.75) is 172 Å². The van der Waals surface area contributed by atoms with Crippen molar-refractivity contribution in [1.29, 1.82) is 0 Å². The van der Waals surface area contributed by atoms with Gasteiger partial charge in [0.2, 0.25) is 5.79 Å². The number of fused-ring (bicyclic) bond motifs is 5. The number of aliphatic hydroxyl groups is 6. The molecule has 7 aliphatic rings. The van der Waals surface area contributed by atoms with E-state index >= 15 is 0 Å². The minimum Gasteiger partial charge on any atom is -0.478 e. The summed E-state index contributed by atoms with van der Waals surface area (Å²) >= 11 is 0. The van der Waals surface area contributed by atoms with E-state index in [0.29, 0.717) is 44.0 Å².